The first-order chi connectivity index (χ1) is 6.88. The van der Waals surface area contributed by atoms with Crippen LogP contribution >= 0.6 is 0 Å². The Balaban J connectivity index is 4.06. The molecule has 0 radical (unpaired) electrons. The number of likely N-dealkylation sites (N-methyl/N-ethyl adjacent to an activating group) is 1. The van der Waals surface area contributed by atoms with Crippen LogP contribution < -0.4 is 5.32 Å². The lowest BCUT2D eigenvalue weighted by Crippen LogP contribution is -2.44. The van der Waals surface area contributed by atoms with Gasteiger partial charge in [-0.05, 0) is 27.8 Å². The topological polar surface area (TPSA) is 49.4 Å². The van der Waals surface area contributed by atoms with E-state index in [0.29, 0.717) is 6.42 Å². The van der Waals surface area contributed by atoms with Gasteiger partial charge in [0.05, 0.1) is 12.6 Å². The molecule has 1 atom stereocenters. The van der Waals surface area contributed by atoms with Crippen molar-refractivity contribution in [2.24, 2.45) is 0 Å². The zero-order valence-corrected chi connectivity index (χ0v) is 10.3. The normalized spacial score (nSPS) is 13.0. The summed E-state index contributed by atoms with van der Waals surface area (Å²) in [4.78, 5) is 24.6. The molecule has 1 N–H and O–H groups in total. The number of hydrogen-bond donors (Lipinski definition) is 1. The molecule has 0 bridgehead atoms. The molecule has 0 aromatic carbocycles. The number of carbonyl (C=O) groups is 2. The highest BCUT2D eigenvalue weighted by Gasteiger charge is 2.18. The molecule has 0 fully saturated rings. The molecule has 0 aliphatic carbocycles. The van der Waals surface area contributed by atoms with E-state index in [2.05, 4.69) is 5.32 Å². The summed E-state index contributed by atoms with van der Waals surface area (Å²) in [7, 11) is 1.79. The van der Waals surface area contributed by atoms with Crippen LogP contribution in [0.2, 0.25) is 0 Å². The Kier molecular flexibility index (Phi) is 6.17. The van der Waals surface area contributed by atoms with Crippen molar-refractivity contribution in [2.75, 3.05) is 13.6 Å². The Bertz CT molecular complexity index is 227. The largest absolute Gasteiger partial charge is 0.353 e. The summed E-state index contributed by atoms with van der Waals surface area (Å²) < 4.78 is 0. The summed E-state index contributed by atoms with van der Waals surface area (Å²) in [6.07, 6.45) is 0.511. The van der Waals surface area contributed by atoms with Crippen molar-refractivity contribution >= 4 is 11.7 Å². The molecule has 88 valence electrons. The average Bonchev–Trinajstić information content (AvgIpc) is 2.13. The molecule has 0 aliphatic rings. The molecule has 0 saturated heterocycles. The van der Waals surface area contributed by atoms with Crippen LogP contribution in [0.1, 0.15) is 34.1 Å². The van der Waals surface area contributed by atoms with Crippen LogP contribution in [-0.4, -0.2) is 42.3 Å². The Morgan fingerprint density at radius 3 is 2.20 bits per heavy atom. The summed E-state index contributed by atoms with van der Waals surface area (Å²) in [6, 6.07) is -0.0454. The smallest absolute Gasteiger partial charge is 0.234 e. The van der Waals surface area contributed by atoms with E-state index in [1.807, 2.05) is 27.7 Å². The highest BCUT2D eigenvalue weighted by molar-refractivity contribution is 5.84. The second-order valence-electron chi connectivity index (χ2n) is 4.13. The van der Waals surface area contributed by atoms with Crippen molar-refractivity contribution in [2.45, 2.75) is 46.2 Å². The molecular weight excluding hydrogens is 192 g/mol. The van der Waals surface area contributed by atoms with Gasteiger partial charge in [0.1, 0.15) is 5.78 Å². The first kappa shape index (κ1) is 14.1. The van der Waals surface area contributed by atoms with Crippen LogP contribution in [0.5, 0.6) is 0 Å². The third-order valence-corrected chi connectivity index (χ3v) is 2.32. The highest BCUT2D eigenvalue weighted by Crippen LogP contribution is 1.99. The van der Waals surface area contributed by atoms with Gasteiger partial charge in [-0.15, -0.1) is 0 Å². The molecule has 4 nitrogen and oxygen atoms in total. The van der Waals surface area contributed by atoms with Gasteiger partial charge >= 0.3 is 0 Å². The number of amides is 1. The summed E-state index contributed by atoms with van der Waals surface area (Å²) in [5.74, 6) is 0.123. The number of nitrogens with zero attached hydrogens (tertiary/aromatic N) is 1. The van der Waals surface area contributed by atoms with Crippen molar-refractivity contribution in [3.63, 3.8) is 0 Å². The number of rotatable bonds is 6. The standard InChI is InChI=1S/C11H22N2O2/c1-6-10(14)9(4)13(5)7-11(15)12-8(2)3/h8-9H,6-7H2,1-5H3,(H,12,15). The van der Waals surface area contributed by atoms with E-state index in [4.69, 9.17) is 0 Å². The predicted octanol–water partition coefficient (Wildman–Crippen LogP) is 0.810. The molecule has 0 aromatic heterocycles. The van der Waals surface area contributed by atoms with E-state index in [-0.39, 0.29) is 30.3 Å². The summed E-state index contributed by atoms with van der Waals surface area (Å²) in [6.45, 7) is 7.76. The van der Waals surface area contributed by atoms with Crippen LogP contribution in [0, 0.1) is 0 Å². The van der Waals surface area contributed by atoms with Gasteiger partial charge in [-0.3, -0.25) is 14.5 Å². The van der Waals surface area contributed by atoms with E-state index < -0.39 is 0 Å². The maximum atomic E-state index is 11.4. The molecule has 0 heterocycles. The van der Waals surface area contributed by atoms with Gasteiger partial charge in [-0.2, -0.15) is 0 Å². The molecule has 4 heteroatoms. The van der Waals surface area contributed by atoms with Crippen molar-refractivity contribution < 1.29 is 9.59 Å². The van der Waals surface area contributed by atoms with E-state index >= 15 is 0 Å². The van der Waals surface area contributed by atoms with Gasteiger partial charge in [-0.1, -0.05) is 6.92 Å². The van der Waals surface area contributed by atoms with Crippen LogP contribution in [0.4, 0.5) is 0 Å². The van der Waals surface area contributed by atoms with Gasteiger partial charge in [-0.25, -0.2) is 0 Å². The Hall–Kier alpha value is -0.900. The minimum absolute atomic E-state index is 0.0387. The van der Waals surface area contributed by atoms with Crippen LogP contribution in [0.15, 0.2) is 0 Å². The number of nitrogens with one attached hydrogen (secondary N) is 1. The molecular formula is C11H22N2O2. The van der Waals surface area contributed by atoms with Crippen molar-refractivity contribution in [3.05, 3.63) is 0 Å². The molecule has 1 unspecified atom stereocenters. The summed E-state index contributed by atoms with van der Waals surface area (Å²) in [5.41, 5.74) is 0. The molecule has 0 aliphatic heterocycles. The first-order valence-corrected chi connectivity index (χ1v) is 5.40. The second-order valence-corrected chi connectivity index (χ2v) is 4.13. The Morgan fingerprint density at radius 1 is 1.27 bits per heavy atom. The van der Waals surface area contributed by atoms with Gasteiger partial charge in [0.25, 0.3) is 0 Å². The predicted molar refractivity (Wildman–Crippen MR) is 60.7 cm³/mol. The van der Waals surface area contributed by atoms with Crippen LogP contribution in [-0.2, 0) is 9.59 Å². The first-order valence-electron chi connectivity index (χ1n) is 5.40. The third kappa shape index (κ3) is 5.52. The monoisotopic (exact) mass is 214 g/mol. The van der Waals surface area contributed by atoms with Gasteiger partial charge in [0.15, 0.2) is 0 Å². The SMILES string of the molecule is CCC(=O)C(C)N(C)CC(=O)NC(C)C. The quantitative estimate of drug-likeness (QED) is 0.712. The average molecular weight is 214 g/mol. The van der Waals surface area contributed by atoms with E-state index in [0.717, 1.165) is 0 Å². The number of carbonyl (C=O) groups excluding carboxylic acids is 2. The lowest BCUT2D eigenvalue weighted by molar-refractivity contribution is -0.126. The van der Waals surface area contributed by atoms with Crippen LogP contribution in [0.25, 0.3) is 0 Å². The Labute approximate surface area is 92.0 Å². The lowest BCUT2D eigenvalue weighted by Gasteiger charge is -2.23. The zero-order chi connectivity index (χ0) is 12.0. The minimum Gasteiger partial charge on any atom is -0.353 e. The molecule has 0 aromatic rings. The maximum absolute atomic E-state index is 11.4. The van der Waals surface area contributed by atoms with Gasteiger partial charge in [0.2, 0.25) is 5.91 Å². The highest BCUT2D eigenvalue weighted by atomic mass is 16.2. The van der Waals surface area contributed by atoms with Gasteiger partial charge in [0, 0.05) is 12.5 Å². The molecule has 0 saturated carbocycles. The number of hydrogen-bond acceptors (Lipinski definition) is 3. The molecule has 1 amide bonds. The molecule has 15 heavy (non-hydrogen) atoms. The second kappa shape index (κ2) is 6.56. The number of Topliss-reactive ketones (excluding diaryl/α,β-unsaturated/α-hetero) is 1. The Morgan fingerprint density at radius 2 is 1.80 bits per heavy atom. The fraction of sp³-hybridized carbons (Fsp3) is 0.818. The fourth-order valence-electron chi connectivity index (χ4n) is 1.27. The lowest BCUT2D eigenvalue weighted by atomic mass is 10.1. The molecule has 0 rings (SSSR count). The van der Waals surface area contributed by atoms with Crippen molar-refractivity contribution in [1.29, 1.82) is 0 Å². The van der Waals surface area contributed by atoms with Crippen LogP contribution in [0.3, 0.4) is 0 Å². The number of ketones is 1. The van der Waals surface area contributed by atoms with Gasteiger partial charge < -0.3 is 5.32 Å². The van der Waals surface area contributed by atoms with E-state index in [9.17, 15) is 9.59 Å². The fourth-order valence-corrected chi connectivity index (χ4v) is 1.27. The van der Waals surface area contributed by atoms with E-state index in [1.54, 1.807) is 11.9 Å². The minimum atomic E-state index is -0.187. The maximum Gasteiger partial charge on any atom is 0.234 e. The summed E-state index contributed by atoms with van der Waals surface area (Å²) >= 11 is 0. The van der Waals surface area contributed by atoms with E-state index in [1.165, 1.54) is 0 Å². The zero-order valence-electron chi connectivity index (χ0n) is 10.3. The summed E-state index contributed by atoms with van der Waals surface area (Å²) in [5, 5.41) is 2.79. The molecule has 0 spiro atoms. The third-order valence-electron chi connectivity index (χ3n) is 2.32. The van der Waals surface area contributed by atoms with Crippen molar-refractivity contribution in [1.82, 2.24) is 10.2 Å². The van der Waals surface area contributed by atoms with Crippen molar-refractivity contribution in [3.8, 4) is 0 Å².